The first-order valence-electron chi connectivity index (χ1n) is 5.37. The summed E-state index contributed by atoms with van der Waals surface area (Å²) in [5.74, 6) is 0.746. The van der Waals surface area contributed by atoms with Gasteiger partial charge in [-0.05, 0) is 38.3 Å². The summed E-state index contributed by atoms with van der Waals surface area (Å²) in [7, 11) is -2.92. The molecule has 0 bridgehead atoms. The zero-order valence-electron chi connectivity index (χ0n) is 8.41. The van der Waals surface area contributed by atoms with Gasteiger partial charge >= 0.3 is 0 Å². The average Bonchev–Trinajstić information content (AvgIpc) is 2.00. The molecule has 2 aliphatic heterocycles. The summed E-state index contributed by atoms with van der Waals surface area (Å²) < 4.78 is 25.2. The fourth-order valence-electron chi connectivity index (χ4n) is 2.02. The number of sulfonamides is 1. The fraction of sp³-hybridized carbons (Fsp3) is 1.00. The number of nitrogens with one attached hydrogen (secondary N) is 1. The van der Waals surface area contributed by atoms with E-state index in [1.807, 2.05) is 0 Å². The molecule has 0 spiro atoms. The summed E-state index contributed by atoms with van der Waals surface area (Å²) in [4.78, 5) is 0. The van der Waals surface area contributed by atoms with E-state index in [9.17, 15) is 8.42 Å². The topological polar surface area (TPSA) is 49.4 Å². The summed E-state index contributed by atoms with van der Waals surface area (Å²) in [6, 6.07) is 0. The summed E-state index contributed by atoms with van der Waals surface area (Å²) in [6.45, 7) is 3.43. The minimum Gasteiger partial charge on any atom is -0.317 e. The molecule has 0 unspecified atom stereocenters. The average molecular weight is 218 g/mol. The van der Waals surface area contributed by atoms with Crippen LogP contribution in [0.25, 0.3) is 0 Å². The maximum atomic E-state index is 11.8. The van der Waals surface area contributed by atoms with Crippen LogP contribution in [0.15, 0.2) is 0 Å². The molecule has 2 saturated heterocycles. The van der Waals surface area contributed by atoms with Crippen LogP contribution in [0.4, 0.5) is 0 Å². The van der Waals surface area contributed by atoms with E-state index < -0.39 is 10.0 Å². The van der Waals surface area contributed by atoms with Gasteiger partial charge in [-0.15, -0.1) is 0 Å². The molecule has 0 saturated carbocycles. The van der Waals surface area contributed by atoms with Crippen molar-refractivity contribution in [3.05, 3.63) is 0 Å². The molecule has 0 atom stereocenters. The van der Waals surface area contributed by atoms with E-state index in [0.29, 0.717) is 11.7 Å². The highest BCUT2D eigenvalue weighted by atomic mass is 32.2. The van der Waals surface area contributed by atoms with Crippen molar-refractivity contribution in [2.24, 2.45) is 5.92 Å². The van der Waals surface area contributed by atoms with Crippen molar-refractivity contribution in [1.82, 2.24) is 9.62 Å². The van der Waals surface area contributed by atoms with Crippen molar-refractivity contribution in [3.8, 4) is 0 Å². The van der Waals surface area contributed by atoms with Gasteiger partial charge in [-0.1, -0.05) is 0 Å². The molecule has 4 nitrogen and oxygen atoms in total. The Bertz CT molecular complexity index is 279. The van der Waals surface area contributed by atoms with Gasteiger partial charge in [-0.3, -0.25) is 0 Å². The Morgan fingerprint density at radius 3 is 2.36 bits per heavy atom. The van der Waals surface area contributed by atoms with Gasteiger partial charge in [-0.25, -0.2) is 12.7 Å². The molecular formula is C9H18N2O2S. The van der Waals surface area contributed by atoms with E-state index >= 15 is 0 Å². The lowest BCUT2D eigenvalue weighted by Gasteiger charge is -2.32. The van der Waals surface area contributed by atoms with Crippen LogP contribution in [0.2, 0.25) is 0 Å². The molecule has 0 aromatic heterocycles. The molecule has 14 heavy (non-hydrogen) atoms. The first kappa shape index (κ1) is 10.4. The molecule has 1 N–H and O–H groups in total. The number of rotatable bonds is 3. The van der Waals surface area contributed by atoms with Crippen molar-refractivity contribution in [3.63, 3.8) is 0 Å². The highest BCUT2D eigenvalue weighted by Crippen LogP contribution is 2.19. The molecular weight excluding hydrogens is 200 g/mol. The highest BCUT2D eigenvalue weighted by Gasteiger charge is 2.30. The second-order valence-corrected chi connectivity index (χ2v) is 6.24. The van der Waals surface area contributed by atoms with Crippen LogP contribution in [-0.2, 0) is 10.0 Å². The lowest BCUT2D eigenvalue weighted by Crippen LogP contribution is -2.45. The smallest absolute Gasteiger partial charge is 0.214 e. The van der Waals surface area contributed by atoms with Gasteiger partial charge in [0.15, 0.2) is 0 Å². The van der Waals surface area contributed by atoms with E-state index in [1.165, 1.54) is 0 Å². The van der Waals surface area contributed by atoms with Crippen molar-refractivity contribution in [1.29, 1.82) is 0 Å². The van der Waals surface area contributed by atoms with Gasteiger partial charge in [0.05, 0.1) is 5.75 Å². The van der Waals surface area contributed by atoms with Crippen LogP contribution in [0, 0.1) is 5.92 Å². The Morgan fingerprint density at radius 1 is 1.21 bits per heavy atom. The van der Waals surface area contributed by atoms with Gasteiger partial charge < -0.3 is 5.32 Å². The zero-order chi connectivity index (χ0) is 10.0. The van der Waals surface area contributed by atoms with Crippen molar-refractivity contribution < 1.29 is 8.42 Å². The third kappa shape index (κ3) is 2.27. The summed E-state index contributed by atoms with van der Waals surface area (Å²) >= 11 is 0. The third-order valence-corrected chi connectivity index (χ3v) is 5.16. The van der Waals surface area contributed by atoms with Crippen molar-refractivity contribution in [2.75, 3.05) is 31.9 Å². The highest BCUT2D eigenvalue weighted by molar-refractivity contribution is 7.89. The molecule has 0 radical (unpaired) electrons. The molecule has 2 rings (SSSR count). The fourth-order valence-corrected chi connectivity index (χ4v) is 3.97. The van der Waals surface area contributed by atoms with E-state index in [1.54, 1.807) is 4.31 Å². The zero-order valence-corrected chi connectivity index (χ0v) is 9.22. The second-order valence-electron chi connectivity index (χ2n) is 4.22. The van der Waals surface area contributed by atoms with Gasteiger partial charge in [0.25, 0.3) is 0 Å². The van der Waals surface area contributed by atoms with Gasteiger partial charge in [0.1, 0.15) is 0 Å². The van der Waals surface area contributed by atoms with Crippen molar-refractivity contribution in [2.45, 2.75) is 19.3 Å². The molecule has 2 heterocycles. The van der Waals surface area contributed by atoms with Crippen LogP contribution in [0.3, 0.4) is 0 Å². The monoisotopic (exact) mass is 218 g/mol. The second kappa shape index (κ2) is 4.16. The van der Waals surface area contributed by atoms with Crippen molar-refractivity contribution >= 4 is 10.0 Å². The van der Waals surface area contributed by atoms with Crippen LogP contribution in [-0.4, -0.2) is 44.7 Å². The van der Waals surface area contributed by atoms with Crippen LogP contribution >= 0.6 is 0 Å². The van der Waals surface area contributed by atoms with E-state index in [0.717, 1.165) is 45.4 Å². The predicted molar refractivity (Wildman–Crippen MR) is 55.6 cm³/mol. The maximum Gasteiger partial charge on any atom is 0.214 e. The van der Waals surface area contributed by atoms with E-state index in [-0.39, 0.29) is 0 Å². The summed E-state index contributed by atoms with van der Waals surface area (Å²) in [5.41, 5.74) is 0. The SMILES string of the molecule is O=S(=O)(CC1CCNCC1)N1CCC1. The Morgan fingerprint density at radius 2 is 1.86 bits per heavy atom. The molecule has 82 valence electrons. The summed E-state index contributed by atoms with van der Waals surface area (Å²) in [5, 5.41) is 3.25. The third-order valence-electron chi connectivity index (χ3n) is 3.11. The van der Waals surface area contributed by atoms with Gasteiger partial charge in [-0.2, -0.15) is 0 Å². The largest absolute Gasteiger partial charge is 0.317 e. The molecule has 0 aromatic rings. The molecule has 0 aromatic carbocycles. The van der Waals surface area contributed by atoms with Crippen LogP contribution < -0.4 is 5.32 Å². The quantitative estimate of drug-likeness (QED) is 0.726. The van der Waals surface area contributed by atoms with E-state index in [4.69, 9.17) is 0 Å². The molecule has 2 fully saturated rings. The minimum absolute atomic E-state index is 0.370. The van der Waals surface area contributed by atoms with Crippen LogP contribution in [0.5, 0.6) is 0 Å². The first-order valence-corrected chi connectivity index (χ1v) is 6.98. The lowest BCUT2D eigenvalue weighted by atomic mass is 10.0. The normalized spacial score (nSPS) is 26.0. The molecule has 2 aliphatic rings. The summed E-state index contributed by atoms with van der Waals surface area (Å²) in [6.07, 6.45) is 3.05. The Hall–Kier alpha value is -0.130. The van der Waals surface area contributed by atoms with E-state index in [2.05, 4.69) is 5.32 Å². The number of piperidine rings is 1. The Kier molecular flexibility index (Phi) is 3.09. The number of hydrogen-bond donors (Lipinski definition) is 1. The Balaban J connectivity index is 1.88. The first-order chi connectivity index (χ1) is 6.68. The number of hydrogen-bond acceptors (Lipinski definition) is 3. The molecule has 5 heteroatoms. The predicted octanol–water partition coefficient (Wildman–Crippen LogP) is 0.0215. The minimum atomic E-state index is -2.92. The van der Waals surface area contributed by atoms with Crippen LogP contribution in [0.1, 0.15) is 19.3 Å². The molecule has 0 aliphatic carbocycles. The molecule has 0 amide bonds. The Labute approximate surface area is 85.7 Å². The van der Waals surface area contributed by atoms with Gasteiger partial charge in [0.2, 0.25) is 10.0 Å². The standard InChI is InChI=1S/C9H18N2O2S/c12-14(13,11-6-1-7-11)8-9-2-4-10-5-3-9/h9-10H,1-8H2. The van der Waals surface area contributed by atoms with Gasteiger partial charge in [0, 0.05) is 13.1 Å². The number of nitrogens with zero attached hydrogens (tertiary/aromatic N) is 1. The maximum absolute atomic E-state index is 11.8. The lowest BCUT2D eigenvalue weighted by molar-refractivity contribution is 0.302.